The first-order valence-corrected chi connectivity index (χ1v) is 8.67. The van der Waals surface area contributed by atoms with Crippen molar-refractivity contribution >= 4 is 34.7 Å². The molecule has 25 heavy (non-hydrogen) atoms. The maximum Gasteiger partial charge on any atom is 0.328 e. The second kappa shape index (κ2) is 9.12. The first-order valence-electron chi connectivity index (χ1n) is 7.91. The molecule has 3 nitrogen and oxygen atoms in total. The topological polar surface area (TPSA) is 46.5 Å². The molecule has 0 fully saturated rings. The normalized spacial score (nSPS) is 16.1. The Labute approximate surface area is 159 Å². The molecule has 1 heterocycles. The lowest BCUT2D eigenvalue weighted by molar-refractivity contribution is -0.131. The molecule has 2 rings (SSSR count). The molecule has 1 aromatic carbocycles. The van der Waals surface area contributed by atoms with E-state index in [2.05, 4.69) is 26.8 Å². The van der Waals surface area contributed by atoms with Crippen molar-refractivity contribution < 1.29 is 14.6 Å². The molecule has 1 aliphatic heterocycles. The van der Waals surface area contributed by atoms with E-state index in [1.165, 1.54) is 11.6 Å². The summed E-state index contributed by atoms with van der Waals surface area (Å²) in [6.45, 7) is 10.6. The van der Waals surface area contributed by atoms with Crippen LogP contribution in [0.25, 0.3) is 5.57 Å². The molecule has 0 radical (unpaired) electrons. The Bertz CT molecular complexity index is 729. The van der Waals surface area contributed by atoms with Crippen LogP contribution in [0.2, 0.25) is 10.0 Å². The average Bonchev–Trinajstić information content (AvgIpc) is 2.57. The Morgan fingerprint density at radius 3 is 2.44 bits per heavy atom. The van der Waals surface area contributed by atoms with E-state index in [-0.39, 0.29) is 5.41 Å². The predicted molar refractivity (Wildman–Crippen MR) is 106 cm³/mol. The molecule has 0 amide bonds. The Kier molecular flexibility index (Phi) is 7.78. The van der Waals surface area contributed by atoms with Gasteiger partial charge in [0.25, 0.3) is 0 Å². The third-order valence-electron chi connectivity index (χ3n) is 3.43. The standard InChI is InChI=1S/C13H14Cl2O.C7H10O2/c1-8-6-13(2,3)7-16-12-5-11(15)10(14)4-9(8)12;1-3-4-6(2)5-7(8)9/h4-6H,7H2,1-3H3;3-5H,1-2H3,(H,8,9)/b;4-3+,6-5+. The summed E-state index contributed by atoms with van der Waals surface area (Å²) in [6.07, 6.45) is 6.92. The van der Waals surface area contributed by atoms with Gasteiger partial charge in [0.1, 0.15) is 5.75 Å². The molecular weight excluding hydrogens is 359 g/mol. The number of halogens is 2. The minimum Gasteiger partial charge on any atom is -0.492 e. The van der Waals surface area contributed by atoms with Crippen molar-refractivity contribution in [2.45, 2.75) is 34.6 Å². The molecule has 0 unspecified atom stereocenters. The van der Waals surface area contributed by atoms with E-state index in [1.807, 2.05) is 13.0 Å². The smallest absolute Gasteiger partial charge is 0.328 e. The Balaban J connectivity index is 0.000000299. The van der Waals surface area contributed by atoms with Crippen LogP contribution in [0, 0.1) is 5.41 Å². The van der Waals surface area contributed by atoms with Crippen molar-refractivity contribution in [3.8, 4) is 5.75 Å². The van der Waals surface area contributed by atoms with Crippen LogP contribution in [0.4, 0.5) is 0 Å². The first kappa shape index (κ1) is 21.3. The number of ether oxygens (including phenoxy) is 1. The van der Waals surface area contributed by atoms with E-state index in [1.54, 1.807) is 25.1 Å². The van der Waals surface area contributed by atoms with Gasteiger partial charge in [-0.2, -0.15) is 0 Å². The summed E-state index contributed by atoms with van der Waals surface area (Å²) in [5.74, 6) is -0.0840. The summed E-state index contributed by atoms with van der Waals surface area (Å²) < 4.78 is 5.77. The lowest BCUT2D eigenvalue weighted by Crippen LogP contribution is -2.17. The van der Waals surface area contributed by atoms with E-state index in [0.717, 1.165) is 16.9 Å². The highest BCUT2D eigenvalue weighted by Gasteiger charge is 2.22. The Hall–Kier alpha value is -1.71. The van der Waals surface area contributed by atoms with Gasteiger partial charge in [-0.15, -0.1) is 0 Å². The molecule has 0 aromatic heterocycles. The lowest BCUT2D eigenvalue weighted by Gasteiger charge is -2.18. The number of hydrogen-bond acceptors (Lipinski definition) is 2. The van der Waals surface area contributed by atoms with Crippen LogP contribution in [0.1, 0.15) is 40.2 Å². The minimum absolute atomic E-state index is 0.0298. The highest BCUT2D eigenvalue weighted by molar-refractivity contribution is 6.42. The number of allylic oxidation sites excluding steroid dienone is 4. The van der Waals surface area contributed by atoms with E-state index in [0.29, 0.717) is 16.7 Å². The number of aliphatic carboxylic acids is 1. The largest absolute Gasteiger partial charge is 0.492 e. The highest BCUT2D eigenvalue weighted by Crippen LogP contribution is 2.39. The summed E-state index contributed by atoms with van der Waals surface area (Å²) in [7, 11) is 0. The minimum atomic E-state index is -0.898. The maximum absolute atomic E-state index is 9.97. The van der Waals surface area contributed by atoms with E-state index in [4.69, 9.17) is 33.0 Å². The third kappa shape index (κ3) is 6.97. The van der Waals surface area contributed by atoms with Gasteiger partial charge in [0.15, 0.2) is 0 Å². The highest BCUT2D eigenvalue weighted by atomic mass is 35.5. The number of rotatable bonds is 2. The first-order chi connectivity index (χ1) is 11.6. The quantitative estimate of drug-likeness (QED) is 0.474. The average molecular weight is 383 g/mol. The molecule has 0 saturated carbocycles. The van der Waals surface area contributed by atoms with Crippen molar-refractivity contribution in [2.24, 2.45) is 5.41 Å². The molecule has 0 saturated heterocycles. The number of hydrogen-bond donors (Lipinski definition) is 1. The zero-order valence-corrected chi connectivity index (χ0v) is 16.7. The molecule has 1 aromatic rings. The number of benzene rings is 1. The van der Waals surface area contributed by atoms with Gasteiger partial charge >= 0.3 is 5.97 Å². The van der Waals surface area contributed by atoms with Crippen LogP contribution in [0.5, 0.6) is 5.75 Å². The van der Waals surface area contributed by atoms with E-state index in [9.17, 15) is 4.79 Å². The molecular formula is C20H24Cl2O3. The van der Waals surface area contributed by atoms with Crippen LogP contribution in [0.15, 0.2) is 42.0 Å². The van der Waals surface area contributed by atoms with Gasteiger partial charge in [-0.1, -0.05) is 55.3 Å². The summed E-state index contributed by atoms with van der Waals surface area (Å²) in [4.78, 5) is 9.97. The van der Waals surface area contributed by atoms with Crippen molar-refractivity contribution in [1.82, 2.24) is 0 Å². The summed E-state index contributed by atoms with van der Waals surface area (Å²) in [6, 6.07) is 3.66. The molecule has 1 N–H and O–H groups in total. The van der Waals surface area contributed by atoms with Gasteiger partial charge in [-0.05, 0) is 38.0 Å². The monoisotopic (exact) mass is 382 g/mol. The summed E-state index contributed by atoms with van der Waals surface area (Å²) >= 11 is 12.0. The second-order valence-electron chi connectivity index (χ2n) is 6.59. The molecule has 1 aliphatic rings. The van der Waals surface area contributed by atoms with Crippen LogP contribution in [-0.4, -0.2) is 17.7 Å². The van der Waals surface area contributed by atoms with E-state index < -0.39 is 5.97 Å². The molecule has 0 spiro atoms. The molecule has 0 atom stereocenters. The predicted octanol–water partition coefficient (Wildman–Crippen LogP) is 6.41. The van der Waals surface area contributed by atoms with Gasteiger partial charge in [0, 0.05) is 23.1 Å². The van der Waals surface area contributed by atoms with Crippen molar-refractivity contribution in [1.29, 1.82) is 0 Å². The van der Waals surface area contributed by atoms with E-state index >= 15 is 0 Å². The molecule has 5 heteroatoms. The van der Waals surface area contributed by atoms with Gasteiger partial charge in [0.2, 0.25) is 0 Å². The third-order valence-corrected chi connectivity index (χ3v) is 4.16. The van der Waals surface area contributed by atoms with Gasteiger partial charge < -0.3 is 9.84 Å². The van der Waals surface area contributed by atoms with Gasteiger partial charge in [-0.25, -0.2) is 4.79 Å². The Morgan fingerprint density at radius 1 is 1.28 bits per heavy atom. The van der Waals surface area contributed by atoms with Crippen molar-refractivity contribution in [3.63, 3.8) is 0 Å². The zero-order valence-electron chi connectivity index (χ0n) is 15.2. The summed E-state index contributed by atoms with van der Waals surface area (Å²) in [5.41, 5.74) is 2.99. The fourth-order valence-corrected chi connectivity index (χ4v) is 2.75. The summed E-state index contributed by atoms with van der Waals surface area (Å²) in [5, 5.41) is 9.30. The second-order valence-corrected chi connectivity index (χ2v) is 7.41. The fourth-order valence-electron chi connectivity index (χ4n) is 2.43. The lowest BCUT2D eigenvalue weighted by atomic mass is 9.91. The van der Waals surface area contributed by atoms with Crippen LogP contribution in [-0.2, 0) is 4.79 Å². The van der Waals surface area contributed by atoms with Crippen LogP contribution >= 0.6 is 23.2 Å². The van der Waals surface area contributed by atoms with Crippen LogP contribution in [0.3, 0.4) is 0 Å². The fraction of sp³-hybridized carbons (Fsp3) is 0.350. The maximum atomic E-state index is 9.97. The SMILES string of the molecule is C/C=C/C(C)=C/C(=O)O.CC1=CC(C)(C)COc2cc(Cl)c(Cl)cc21. The van der Waals surface area contributed by atoms with Crippen molar-refractivity contribution in [3.05, 3.63) is 57.6 Å². The number of carbonyl (C=O) groups is 1. The van der Waals surface area contributed by atoms with Gasteiger partial charge in [-0.3, -0.25) is 0 Å². The molecule has 136 valence electrons. The van der Waals surface area contributed by atoms with Gasteiger partial charge in [0.05, 0.1) is 16.7 Å². The number of fused-ring (bicyclic) bond motifs is 1. The Morgan fingerprint density at radius 2 is 1.88 bits per heavy atom. The van der Waals surface area contributed by atoms with Crippen molar-refractivity contribution in [2.75, 3.05) is 6.61 Å². The number of carboxylic acid groups (broad SMARTS) is 1. The number of carboxylic acids is 1. The molecule has 0 bridgehead atoms. The van der Waals surface area contributed by atoms with Crippen LogP contribution < -0.4 is 4.74 Å². The molecule has 0 aliphatic carbocycles. The zero-order chi connectivity index (χ0) is 19.2.